The summed E-state index contributed by atoms with van der Waals surface area (Å²) in [6, 6.07) is 3.98. The Morgan fingerprint density at radius 2 is 2.19 bits per heavy atom. The molecule has 3 aliphatic heterocycles. The molecule has 0 saturated carbocycles. The number of ether oxygens (including phenoxy) is 3. The molecule has 2 saturated heterocycles. The maximum atomic E-state index is 12.9. The van der Waals surface area contributed by atoms with Crippen LogP contribution in [0.4, 0.5) is 0 Å². The van der Waals surface area contributed by atoms with Crippen LogP contribution in [-0.4, -0.2) is 70.9 Å². The van der Waals surface area contributed by atoms with Crippen molar-refractivity contribution in [2.45, 2.75) is 56.6 Å². The number of likely N-dealkylation sites (tertiary alicyclic amines) is 1. The summed E-state index contributed by atoms with van der Waals surface area (Å²) in [4.78, 5) is 24.2. The molecule has 0 bridgehead atoms. The Bertz CT molecular complexity index is 934. The second kappa shape index (κ2) is 9.17. The smallest absolute Gasteiger partial charge is 0.251 e. The lowest BCUT2D eigenvalue weighted by Gasteiger charge is -2.45. The number of piperidine rings is 1. The van der Waals surface area contributed by atoms with Gasteiger partial charge in [0.05, 0.1) is 19.8 Å². The lowest BCUT2D eigenvalue weighted by Crippen LogP contribution is -2.54. The molecule has 0 aliphatic carbocycles. The minimum Gasteiger partial charge on any atom is -0.481 e. The van der Waals surface area contributed by atoms with Crippen LogP contribution in [0.3, 0.4) is 0 Å². The molecule has 3 aliphatic rings. The fraction of sp³-hybridized carbons (Fsp3) is 0.609. The quantitative estimate of drug-likeness (QED) is 0.726. The monoisotopic (exact) mass is 441 g/mol. The lowest BCUT2D eigenvalue weighted by atomic mass is 9.88. The van der Waals surface area contributed by atoms with Gasteiger partial charge in [0, 0.05) is 56.9 Å². The van der Waals surface area contributed by atoms with E-state index < -0.39 is 11.7 Å². The van der Waals surface area contributed by atoms with E-state index in [1.807, 2.05) is 12.3 Å². The molecule has 9 heteroatoms. The molecular weight excluding hydrogens is 410 g/mol. The molecule has 0 aromatic carbocycles. The number of pyridine rings is 1. The summed E-state index contributed by atoms with van der Waals surface area (Å²) in [6.45, 7) is 4.27. The number of rotatable bonds is 6. The molecule has 1 amide bonds. The van der Waals surface area contributed by atoms with Crippen molar-refractivity contribution in [1.82, 2.24) is 24.8 Å². The van der Waals surface area contributed by atoms with Gasteiger partial charge in [-0.05, 0) is 31.7 Å². The Morgan fingerprint density at radius 3 is 2.97 bits per heavy atom. The highest BCUT2D eigenvalue weighted by Crippen LogP contribution is 2.40. The van der Waals surface area contributed by atoms with Gasteiger partial charge >= 0.3 is 0 Å². The normalized spacial score (nSPS) is 24.9. The molecule has 2 fully saturated rings. The average molecular weight is 442 g/mol. The number of imidazole rings is 1. The summed E-state index contributed by atoms with van der Waals surface area (Å²) < 4.78 is 19.6. The van der Waals surface area contributed by atoms with Crippen LogP contribution in [0.15, 0.2) is 30.7 Å². The van der Waals surface area contributed by atoms with Gasteiger partial charge in [-0.1, -0.05) is 6.07 Å². The van der Waals surface area contributed by atoms with Crippen molar-refractivity contribution in [2.75, 3.05) is 33.4 Å². The molecule has 1 N–H and O–H groups in total. The van der Waals surface area contributed by atoms with Crippen LogP contribution in [0.1, 0.15) is 37.1 Å². The van der Waals surface area contributed by atoms with Crippen molar-refractivity contribution in [2.24, 2.45) is 0 Å². The van der Waals surface area contributed by atoms with Gasteiger partial charge in [0.1, 0.15) is 11.4 Å². The Morgan fingerprint density at radius 1 is 1.31 bits per heavy atom. The Balaban J connectivity index is 1.25. The molecule has 32 heavy (non-hydrogen) atoms. The van der Waals surface area contributed by atoms with Crippen LogP contribution in [0.25, 0.3) is 0 Å². The number of hydrogen-bond donors (Lipinski definition) is 1. The van der Waals surface area contributed by atoms with Gasteiger partial charge in [0.15, 0.2) is 6.10 Å². The third-order valence-corrected chi connectivity index (χ3v) is 6.77. The summed E-state index contributed by atoms with van der Waals surface area (Å²) in [7, 11) is 1.65. The van der Waals surface area contributed by atoms with Gasteiger partial charge in [-0.15, -0.1) is 0 Å². The first-order valence-electron chi connectivity index (χ1n) is 11.5. The topological polar surface area (TPSA) is 90.7 Å². The zero-order valence-electron chi connectivity index (χ0n) is 18.5. The van der Waals surface area contributed by atoms with E-state index in [1.165, 1.54) is 0 Å². The van der Waals surface area contributed by atoms with Crippen LogP contribution in [-0.2, 0) is 33.0 Å². The third-order valence-electron chi connectivity index (χ3n) is 6.77. The molecule has 1 spiro atoms. The van der Waals surface area contributed by atoms with Crippen molar-refractivity contribution < 1.29 is 19.0 Å². The second-order valence-corrected chi connectivity index (χ2v) is 8.83. The van der Waals surface area contributed by atoms with E-state index >= 15 is 0 Å². The summed E-state index contributed by atoms with van der Waals surface area (Å²) >= 11 is 0. The number of amides is 1. The van der Waals surface area contributed by atoms with Gasteiger partial charge in [-0.25, -0.2) is 9.97 Å². The Hall–Kier alpha value is -2.49. The Kier molecular flexibility index (Phi) is 6.12. The van der Waals surface area contributed by atoms with Crippen LogP contribution in [0.2, 0.25) is 0 Å². The molecule has 5 rings (SSSR count). The van der Waals surface area contributed by atoms with Gasteiger partial charge < -0.3 is 24.1 Å². The largest absolute Gasteiger partial charge is 0.481 e. The van der Waals surface area contributed by atoms with Crippen molar-refractivity contribution >= 4 is 5.91 Å². The summed E-state index contributed by atoms with van der Waals surface area (Å²) in [5.74, 6) is 1.53. The number of fused-ring (bicyclic) bond motifs is 2. The zero-order chi connectivity index (χ0) is 22.0. The van der Waals surface area contributed by atoms with Gasteiger partial charge in [0.25, 0.3) is 5.91 Å². The summed E-state index contributed by atoms with van der Waals surface area (Å²) in [5.41, 5.74) is 0.534. The van der Waals surface area contributed by atoms with Crippen LogP contribution in [0.5, 0.6) is 5.88 Å². The fourth-order valence-electron chi connectivity index (χ4n) is 5.05. The van der Waals surface area contributed by atoms with E-state index in [0.717, 1.165) is 63.3 Å². The van der Waals surface area contributed by atoms with E-state index in [4.69, 9.17) is 14.2 Å². The maximum absolute atomic E-state index is 12.9. The highest BCUT2D eigenvalue weighted by Gasteiger charge is 2.47. The van der Waals surface area contributed by atoms with Crippen molar-refractivity contribution in [3.05, 3.63) is 42.1 Å². The SMILES string of the molecule is COc1ncccc1CN1CCC2(CC1)OC(C(=O)NCC1CCCO1)Cn1ccnc12. The minimum atomic E-state index is -0.539. The Labute approximate surface area is 188 Å². The van der Waals surface area contributed by atoms with Crippen LogP contribution >= 0.6 is 0 Å². The zero-order valence-corrected chi connectivity index (χ0v) is 18.5. The number of aromatic nitrogens is 3. The standard InChI is InChI=1S/C23H31N5O4/c1-30-21-17(4-2-8-24-21)15-27-10-6-23(7-11-27)22-25-9-12-28(22)16-19(32-23)20(29)26-14-18-5-3-13-31-18/h2,4,8-9,12,18-19H,3,5-7,10-11,13-16H2,1H3,(H,26,29). The van der Waals surface area contributed by atoms with Crippen molar-refractivity contribution in [3.63, 3.8) is 0 Å². The van der Waals surface area contributed by atoms with Gasteiger partial charge in [-0.2, -0.15) is 0 Å². The molecule has 172 valence electrons. The number of carbonyl (C=O) groups is 1. The second-order valence-electron chi connectivity index (χ2n) is 8.83. The number of methoxy groups -OCH3 is 1. The minimum absolute atomic E-state index is 0.0678. The van der Waals surface area contributed by atoms with E-state index in [0.29, 0.717) is 19.0 Å². The molecule has 2 unspecified atom stereocenters. The highest BCUT2D eigenvalue weighted by molar-refractivity contribution is 5.81. The first kappa shape index (κ1) is 21.4. The van der Waals surface area contributed by atoms with Gasteiger partial charge in [-0.3, -0.25) is 9.69 Å². The number of nitrogens with one attached hydrogen (secondary N) is 1. The van der Waals surface area contributed by atoms with E-state index in [1.54, 1.807) is 19.5 Å². The molecule has 2 aromatic rings. The van der Waals surface area contributed by atoms with Crippen molar-refractivity contribution in [1.29, 1.82) is 0 Å². The molecular formula is C23H31N5O4. The van der Waals surface area contributed by atoms with E-state index in [2.05, 4.69) is 30.8 Å². The summed E-state index contributed by atoms with van der Waals surface area (Å²) in [6.07, 6.45) is 8.71. The average Bonchev–Trinajstić information content (AvgIpc) is 3.52. The maximum Gasteiger partial charge on any atom is 0.251 e. The predicted octanol–water partition coefficient (Wildman–Crippen LogP) is 1.47. The van der Waals surface area contributed by atoms with E-state index in [9.17, 15) is 4.79 Å². The van der Waals surface area contributed by atoms with Crippen LogP contribution < -0.4 is 10.1 Å². The molecule has 0 radical (unpaired) electrons. The number of carbonyl (C=O) groups excluding carboxylic acids is 1. The van der Waals surface area contributed by atoms with Gasteiger partial charge in [0.2, 0.25) is 5.88 Å². The van der Waals surface area contributed by atoms with Crippen LogP contribution in [0, 0.1) is 0 Å². The molecule has 2 atom stereocenters. The first-order valence-corrected chi connectivity index (χ1v) is 11.5. The molecule has 5 heterocycles. The predicted molar refractivity (Wildman–Crippen MR) is 116 cm³/mol. The number of nitrogens with zero attached hydrogens (tertiary/aromatic N) is 4. The molecule has 9 nitrogen and oxygen atoms in total. The van der Waals surface area contributed by atoms with E-state index in [-0.39, 0.29) is 12.0 Å². The first-order chi connectivity index (χ1) is 15.7. The third kappa shape index (κ3) is 4.24. The molecule has 2 aromatic heterocycles. The number of hydrogen-bond acceptors (Lipinski definition) is 7. The highest BCUT2D eigenvalue weighted by atomic mass is 16.5. The van der Waals surface area contributed by atoms with Crippen molar-refractivity contribution in [3.8, 4) is 5.88 Å². The summed E-state index contributed by atoms with van der Waals surface area (Å²) in [5, 5.41) is 3.04. The fourth-order valence-corrected chi connectivity index (χ4v) is 5.05. The lowest BCUT2D eigenvalue weighted by molar-refractivity contribution is -0.174.